The third kappa shape index (κ3) is 2.08. The minimum absolute atomic E-state index is 0.202. The van der Waals surface area contributed by atoms with E-state index >= 15 is 0 Å². The highest BCUT2D eigenvalue weighted by atomic mass is 16.3. The first kappa shape index (κ1) is 10.4. The van der Waals surface area contributed by atoms with Crippen LogP contribution in [0.5, 0.6) is 11.5 Å². The van der Waals surface area contributed by atoms with Crippen molar-refractivity contribution in [3.8, 4) is 11.5 Å². The molecule has 0 saturated carbocycles. The molecule has 3 nitrogen and oxygen atoms in total. The Bertz CT molecular complexity index is 472. The first-order chi connectivity index (χ1) is 7.66. The Morgan fingerprint density at radius 1 is 0.938 bits per heavy atom. The summed E-state index contributed by atoms with van der Waals surface area (Å²) in [5, 5.41) is 18.8. The van der Waals surface area contributed by atoms with Gasteiger partial charge in [-0.25, -0.2) is 0 Å². The maximum Gasteiger partial charge on any atom is 0.121 e. The molecule has 3 heteroatoms. The molecule has 0 saturated heterocycles. The summed E-state index contributed by atoms with van der Waals surface area (Å²) in [6.07, 6.45) is 0.554. The van der Waals surface area contributed by atoms with Gasteiger partial charge in [-0.2, -0.15) is 0 Å². The van der Waals surface area contributed by atoms with E-state index in [9.17, 15) is 5.11 Å². The van der Waals surface area contributed by atoms with Crippen LogP contribution in [0.15, 0.2) is 42.5 Å². The van der Waals surface area contributed by atoms with E-state index in [4.69, 9.17) is 10.8 Å². The minimum atomic E-state index is 0.202. The average molecular weight is 215 g/mol. The number of nitrogens with two attached hydrogens (primary N) is 1. The van der Waals surface area contributed by atoms with E-state index in [-0.39, 0.29) is 11.5 Å². The molecule has 0 spiro atoms. The number of nitrogen functional groups attached to an aromatic ring is 1. The summed E-state index contributed by atoms with van der Waals surface area (Å²) >= 11 is 0. The SMILES string of the molecule is Nc1cccc(O)c1Cc1ccc(O)cc1. The summed E-state index contributed by atoms with van der Waals surface area (Å²) in [6, 6.07) is 11.9. The molecule has 2 rings (SSSR count). The fourth-order valence-electron chi connectivity index (χ4n) is 1.60. The van der Waals surface area contributed by atoms with Crippen LogP contribution >= 0.6 is 0 Å². The van der Waals surface area contributed by atoms with Gasteiger partial charge in [-0.15, -0.1) is 0 Å². The standard InChI is InChI=1S/C13H13NO2/c14-12-2-1-3-13(16)11(12)8-9-4-6-10(15)7-5-9/h1-7,15-16H,8,14H2. The van der Waals surface area contributed by atoms with Crippen LogP contribution in [0.1, 0.15) is 11.1 Å². The summed E-state index contributed by atoms with van der Waals surface area (Å²) < 4.78 is 0. The average Bonchev–Trinajstić information content (AvgIpc) is 2.26. The van der Waals surface area contributed by atoms with Crippen LogP contribution in [-0.4, -0.2) is 10.2 Å². The zero-order chi connectivity index (χ0) is 11.5. The van der Waals surface area contributed by atoms with Crippen molar-refractivity contribution in [2.75, 3.05) is 5.73 Å². The number of rotatable bonds is 2. The maximum absolute atomic E-state index is 9.68. The molecule has 2 aromatic carbocycles. The van der Waals surface area contributed by atoms with E-state index in [0.717, 1.165) is 5.56 Å². The molecule has 2 aromatic rings. The minimum Gasteiger partial charge on any atom is -0.508 e. The predicted octanol–water partition coefficient (Wildman–Crippen LogP) is 2.27. The van der Waals surface area contributed by atoms with Gasteiger partial charge in [0.05, 0.1) is 0 Å². The number of anilines is 1. The number of hydrogen-bond donors (Lipinski definition) is 3. The number of phenols is 2. The van der Waals surface area contributed by atoms with Crippen LogP contribution in [0, 0.1) is 0 Å². The van der Waals surface area contributed by atoms with E-state index in [1.54, 1.807) is 42.5 Å². The molecule has 82 valence electrons. The Kier molecular flexibility index (Phi) is 2.68. The van der Waals surface area contributed by atoms with Gasteiger partial charge in [-0.3, -0.25) is 0 Å². The van der Waals surface area contributed by atoms with Gasteiger partial charge < -0.3 is 15.9 Å². The Balaban J connectivity index is 2.30. The zero-order valence-electron chi connectivity index (χ0n) is 8.72. The molecule has 16 heavy (non-hydrogen) atoms. The van der Waals surface area contributed by atoms with Crippen LogP contribution in [0.4, 0.5) is 5.69 Å². The second-order valence-corrected chi connectivity index (χ2v) is 3.69. The van der Waals surface area contributed by atoms with Crippen molar-refractivity contribution >= 4 is 5.69 Å². The van der Waals surface area contributed by atoms with E-state index in [2.05, 4.69) is 0 Å². The first-order valence-electron chi connectivity index (χ1n) is 5.01. The van der Waals surface area contributed by atoms with Crippen molar-refractivity contribution in [2.45, 2.75) is 6.42 Å². The molecule has 0 aliphatic heterocycles. The molecular weight excluding hydrogens is 202 g/mol. The normalized spacial score (nSPS) is 10.2. The fourth-order valence-corrected chi connectivity index (χ4v) is 1.60. The molecule has 0 aliphatic rings. The summed E-state index contributed by atoms with van der Waals surface area (Å²) in [6.45, 7) is 0. The Morgan fingerprint density at radius 2 is 1.62 bits per heavy atom. The lowest BCUT2D eigenvalue weighted by Gasteiger charge is -2.08. The molecule has 0 radical (unpaired) electrons. The molecule has 0 atom stereocenters. The first-order valence-corrected chi connectivity index (χ1v) is 5.01. The molecule has 0 heterocycles. The van der Waals surface area contributed by atoms with Crippen molar-refractivity contribution in [2.24, 2.45) is 0 Å². The Labute approximate surface area is 93.8 Å². The summed E-state index contributed by atoms with van der Waals surface area (Å²) in [4.78, 5) is 0. The largest absolute Gasteiger partial charge is 0.508 e. The van der Waals surface area contributed by atoms with E-state index in [1.165, 1.54) is 0 Å². The quantitative estimate of drug-likeness (QED) is 0.673. The Morgan fingerprint density at radius 3 is 2.25 bits per heavy atom. The van der Waals surface area contributed by atoms with Gasteiger partial charge in [0.1, 0.15) is 11.5 Å². The highest BCUT2D eigenvalue weighted by Crippen LogP contribution is 2.26. The van der Waals surface area contributed by atoms with Gasteiger partial charge in [0.15, 0.2) is 0 Å². The van der Waals surface area contributed by atoms with Gasteiger partial charge >= 0.3 is 0 Å². The van der Waals surface area contributed by atoms with Gasteiger partial charge in [0.2, 0.25) is 0 Å². The maximum atomic E-state index is 9.68. The number of hydrogen-bond acceptors (Lipinski definition) is 3. The number of phenolic OH excluding ortho intramolecular Hbond substituents is 2. The van der Waals surface area contributed by atoms with Gasteiger partial charge in [0, 0.05) is 17.7 Å². The second kappa shape index (κ2) is 4.14. The number of benzene rings is 2. The highest BCUT2D eigenvalue weighted by molar-refractivity contribution is 5.55. The van der Waals surface area contributed by atoms with Gasteiger partial charge in [-0.05, 0) is 29.8 Å². The van der Waals surface area contributed by atoms with Crippen molar-refractivity contribution in [1.29, 1.82) is 0 Å². The van der Waals surface area contributed by atoms with Gasteiger partial charge in [-0.1, -0.05) is 18.2 Å². The van der Waals surface area contributed by atoms with Crippen LogP contribution in [0.2, 0.25) is 0 Å². The van der Waals surface area contributed by atoms with Crippen molar-refractivity contribution < 1.29 is 10.2 Å². The second-order valence-electron chi connectivity index (χ2n) is 3.69. The lowest BCUT2D eigenvalue weighted by atomic mass is 10.0. The third-order valence-corrected chi connectivity index (χ3v) is 2.50. The molecule has 0 bridgehead atoms. The van der Waals surface area contributed by atoms with Crippen molar-refractivity contribution in [3.05, 3.63) is 53.6 Å². The summed E-state index contributed by atoms with van der Waals surface area (Å²) in [7, 11) is 0. The lowest BCUT2D eigenvalue weighted by Crippen LogP contribution is -1.95. The summed E-state index contributed by atoms with van der Waals surface area (Å²) in [5.41, 5.74) is 8.07. The van der Waals surface area contributed by atoms with Crippen LogP contribution < -0.4 is 5.73 Å². The summed E-state index contributed by atoms with van der Waals surface area (Å²) in [5.74, 6) is 0.432. The topological polar surface area (TPSA) is 66.5 Å². The molecular formula is C13H13NO2. The molecule has 0 fully saturated rings. The molecule has 0 aliphatic carbocycles. The van der Waals surface area contributed by atoms with Crippen LogP contribution in [0.25, 0.3) is 0 Å². The third-order valence-electron chi connectivity index (χ3n) is 2.50. The highest BCUT2D eigenvalue weighted by Gasteiger charge is 2.05. The van der Waals surface area contributed by atoms with E-state index in [1.807, 2.05) is 0 Å². The number of aromatic hydroxyl groups is 2. The van der Waals surface area contributed by atoms with Crippen molar-refractivity contribution in [1.82, 2.24) is 0 Å². The predicted molar refractivity (Wildman–Crippen MR) is 63.4 cm³/mol. The fraction of sp³-hybridized carbons (Fsp3) is 0.0769. The van der Waals surface area contributed by atoms with E-state index in [0.29, 0.717) is 17.7 Å². The van der Waals surface area contributed by atoms with Gasteiger partial charge in [0.25, 0.3) is 0 Å². The molecule has 4 N–H and O–H groups in total. The van der Waals surface area contributed by atoms with Crippen molar-refractivity contribution in [3.63, 3.8) is 0 Å². The zero-order valence-corrected chi connectivity index (χ0v) is 8.72. The van der Waals surface area contributed by atoms with Crippen LogP contribution in [-0.2, 0) is 6.42 Å². The molecule has 0 unspecified atom stereocenters. The monoisotopic (exact) mass is 215 g/mol. The molecule has 0 aromatic heterocycles. The smallest absolute Gasteiger partial charge is 0.121 e. The van der Waals surface area contributed by atoms with Crippen LogP contribution in [0.3, 0.4) is 0 Å². The lowest BCUT2D eigenvalue weighted by molar-refractivity contribution is 0.470. The van der Waals surface area contributed by atoms with E-state index < -0.39 is 0 Å². The Hall–Kier alpha value is -2.16. The molecule has 0 amide bonds.